The van der Waals surface area contributed by atoms with Gasteiger partial charge in [0.1, 0.15) is 5.78 Å². The number of ketones is 1. The Labute approximate surface area is 114 Å². The highest BCUT2D eigenvalue weighted by Crippen LogP contribution is 2.56. The molecule has 19 heavy (non-hydrogen) atoms. The highest BCUT2D eigenvalue weighted by Gasteiger charge is 2.57. The Morgan fingerprint density at radius 2 is 2.11 bits per heavy atom. The minimum Gasteiger partial charge on any atom is -0.478 e. The minimum absolute atomic E-state index is 0.144. The van der Waals surface area contributed by atoms with Crippen LogP contribution in [0.5, 0.6) is 0 Å². The molecule has 2 bridgehead atoms. The molecule has 1 fully saturated rings. The minimum atomic E-state index is -0.869. The molecule has 3 atom stereocenters. The maximum atomic E-state index is 12.7. The Morgan fingerprint density at radius 3 is 2.63 bits per heavy atom. The first-order valence-electron chi connectivity index (χ1n) is 6.85. The number of Topliss-reactive ketones (excluding diaryl/α,β-unsaturated/α-hetero) is 1. The van der Waals surface area contributed by atoms with Crippen LogP contribution in [-0.4, -0.2) is 16.9 Å². The highest BCUT2D eigenvalue weighted by atomic mass is 16.4. The van der Waals surface area contributed by atoms with E-state index in [0.29, 0.717) is 12.0 Å². The zero-order valence-corrected chi connectivity index (χ0v) is 12.1. The van der Waals surface area contributed by atoms with Crippen molar-refractivity contribution in [1.29, 1.82) is 0 Å². The van der Waals surface area contributed by atoms with Gasteiger partial charge >= 0.3 is 5.97 Å². The molecule has 0 saturated heterocycles. The molecule has 3 aliphatic carbocycles. The van der Waals surface area contributed by atoms with Gasteiger partial charge in [0.25, 0.3) is 0 Å². The van der Waals surface area contributed by atoms with Crippen LogP contribution in [0.25, 0.3) is 0 Å². The van der Waals surface area contributed by atoms with Gasteiger partial charge in [-0.05, 0) is 40.0 Å². The molecular formula is C16H22O3. The summed E-state index contributed by atoms with van der Waals surface area (Å²) in [6.07, 6.45) is 5.97. The Hall–Kier alpha value is -1.38. The molecule has 0 aromatic rings. The third-order valence-electron chi connectivity index (χ3n) is 4.79. The number of carbonyl (C=O) groups excluding carboxylic acids is 1. The standard InChI is InChI=1S/C16H22O3/c1-10(2)5-8-16(4)12-6-7-15(3,14(16)19)9-11(12)13(17)18/h5,9,12H,6-8H2,1-4H3,(H,17,18)/t12-,15+,16+/m0/s1. The fraction of sp³-hybridized carbons (Fsp3) is 0.625. The first kappa shape index (κ1) is 14.0. The average Bonchev–Trinajstić information content (AvgIpc) is 2.33. The third-order valence-corrected chi connectivity index (χ3v) is 4.79. The van der Waals surface area contributed by atoms with Gasteiger partial charge in [-0.15, -0.1) is 0 Å². The Bertz CT molecular complexity index is 496. The van der Waals surface area contributed by atoms with Crippen molar-refractivity contribution >= 4 is 11.8 Å². The second-order valence-electron chi connectivity index (χ2n) is 6.65. The number of carboxylic acids is 1. The van der Waals surface area contributed by atoms with Gasteiger partial charge in [0.15, 0.2) is 0 Å². The number of carboxylic acid groups (broad SMARTS) is 1. The van der Waals surface area contributed by atoms with E-state index in [1.165, 1.54) is 5.57 Å². The lowest BCUT2D eigenvalue weighted by atomic mass is 9.50. The largest absolute Gasteiger partial charge is 0.478 e. The van der Waals surface area contributed by atoms with Gasteiger partial charge in [-0.1, -0.05) is 24.6 Å². The molecule has 0 aliphatic heterocycles. The van der Waals surface area contributed by atoms with Gasteiger partial charge < -0.3 is 5.11 Å². The number of carbonyl (C=O) groups is 2. The summed E-state index contributed by atoms with van der Waals surface area (Å²) in [5.74, 6) is -0.805. The lowest BCUT2D eigenvalue weighted by Crippen LogP contribution is -2.53. The topological polar surface area (TPSA) is 54.4 Å². The van der Waals surface area contributed by atoms with E-state index in [0.717, 1.165) is 12.8 Å². The maximum Gasteiger partial charge on any atom is 0.331 e. The van der Waals surface area contributed by atoms with Crippen molar-refractivity contribution in [2.75, 3.05) is 0 Å². The summed E-state index contributed by atoms with van der Waals surface area (Å²) >= 11 is 0. The van der Waals surface area contributed by atoms with Gasteiger partial charge in [0.2, 0.25) is 0 Å². The van der Waals surface area contributed by atoms with Crippen LogP contribution in [0.15, 0.2) is 23.3 Å². The smallest absolute Gasteiger partial charge is 0.331 e. The predicted octanol–water partition coefficient (Wildman–Crippen LogP) is 3.36. The molecule has 0 radical (unpaired) electrons. The summed E-state index contributed by atoms with van der Waals surface area (Å²) in [6, 6.07) is 0. The SMILES string of the molecule is CC(C)=CC[C@@]1(C)C(=O)[C@@]2(C)C=C(C(=O)O)[C@@H]1CC2. The van der Waals surface area contributed by atoms with Crippen molar-refractivity contribution in [3.05, 3.63) is 23.3 Å². The molecule has 0 aromatic carbocycles. The van der Waals surface area contributed by atoms with Crippen LogP contribution in [-0.2, 0) is 9.59 Å². The highest BCUT2D eigenvalue weighted by molar-refractivity contribution is 6.00. The summed E-state index contributed by atoms with van der Waals surface area (Å²) in [4.78, 5) is 24.2. The molecule has 0 aromatic heterocycles. The molecule has 0 unspecified atom stereocenters. The van der Waals surface area contributed by atoms with Crippen molar-refractivity contribution in [2.45, 2.75) is 47.0 Å². The van der Waals surface area contributed by atoms with E-state index in [9.17, 15) is 14.7 Å². The molecule has 0 spiro atoms. The molecular weight excluding hydrogens is 240 g/mol. The Kier molecular flexibility index (Phi) is 3.20. The quantitative estimate of drug-likeness (QED) is 0.793. The molecule has 3 rings (SSSR count). The van der Waals surface area contributed by atoms with Gasteiger partial charge in [-0.25, -0.2) is 4.79 Å². The summed E-state index contributed by atoms with van der Waals surface area (Å²) in [6.45, 7) is 7.83. The molecule has 3 heteroatoms. The lowest BCUT2D eigenvalue weighted by molar-refractivity contribution is -0.146. The second-order valence-corrected chi connectivity index (χ2v) is 6.65. The second kappa shape index (κ2) is 4.32. The van der Waals surface area contributed by atoms with E-state index < -0.39 is 16.8 Å². The monoisotopic (exact) mass is 262 g/mol. The summed E-state index contributed by atoms with van der Waals surface area (Å²) < 4.78 is 0. The number of rotatable bonds is 3. The molecule has 1 N–H and O–H groups in total. The molecule has 3 nitrogen and oxygen atoms in total. The van der Waals surface area contributed by atoms with Gasteiger partial charge in [0.05, 0.1) is 0 Å². The number of aliphatic carboxylic acids is 1. The van der Waals surface area contributed by atoms with Crippen LogP contribution in [0.1, 0.15) is 47.0 Å². The Balaban J connectivity index is 2.48. The first-order valence-corrected chi connectivity index (χ1v) is 6.85. The third kappa shape index (κ3) is 2.05. The van der Waals surface area contributed by atoms with Crippen LogP contribution in [0, 0.1) is 16.7 Å². The molecule has 3 aliphatic rings. The fourth-order valence-corrected chi connectivity index (χ4v) is 3.63. The van der Waals surface area contributed by atoms with E-state index in [4.69, 9.17) is 0 Å². The fourth-order valence-electron chi connectivity index (χ4n) is 3.63. The summed E-state index contributed by atoms with van der Waals surface area (Å²) in [5, 5.41) is 9.38. The molecule has 1 saturated carbocycles. The van der Waals surface area contributed by atoms with Crippen molar-refractivity contribution in [3.63, 3.8) is 0 Å². The van der Waals surface area contributed by atoms with Crippen LogP contribution in [0.4, 0.5) is 0 Å². The van der Waals surface area contributed by atoms with E-state index in [-0.39, 0.29) is 11.7 Å². The van der Waals surface area contributed by atoms with E-state index in [2.05, 4.69) is 6.08 Å². The summed E-state index contributed by atoms with van der Waals surface area (Å²) in [5.41, 5.74) is 0.457. The molecule has 0 amide bonds. The predicted molar refractivity (Wildman–Crippen MR) is 73.7 cm³/mol. The zero-order valence-electron chi connectivity index (χ0n) is 12.1. The maximum absolute atomic E-state index is 12.7. The first-order chi connectivity index (χ1) is 8.70. The Morgan fingerprint density at radius 1 is 1.47 bits per heavy atom. The van der Waals surface area contributed by atoms with Crippen molar-refractivity contribution < 1.29 is 14.7 Å². The zero-order chi connectivity index (χ0) is 14.4. The number of hydrogen-bond acceptors (Lipinski definition) is 2. The van der Waals surface area contributed by atoms with E-state index in [1.54, 1.807) is 6.08 Å². The van der Waals surface area contributed by atoms with Gasteiger partial charge in [-0.2, -0.15) is 0 Å². The van der Waals surface area contributed by atoms with Gasteiger partial charge in [-0.3, -0.25) is 4.79 Å². The molecule has 104 valence electrons. The van der Waals surface area contributed by atoms with Crippen LogP contribution >= 0.6 is 0 Å². The van der Waals surface area contributed by atoms with Crippen molar-refractivity contribution in [1.82, 2.24) is 0 Å². The van der Waals surface area contributed by atoms with E-state index in [1.807, 2.05) is 27.7 Å². The van der Waals surface area contributed by atoms with Crippen molar-refractivity contribution in [3.8, 4) is 0 Å². The van der Waals surface area contributed by atoms with Crippen molar-refractivity contribution in [2.24, 2.45) is 16.7 Å². The number of allylic oxidation sites excluding steroid dienone is 3. The lowest BCUT2D eigenvalue weighted by Gasteiger charge is -2.51. The number of fused-ring (bicyclic) bond motifs is 2. The normalized spacial score (nSPS) is 36.9. The van der Waals surface area contributed by atoms with E-state index >= 15 is 0 Å². The summed E-state index contributed by atoms with van der Waals surface area (Å²) in [7, 11) is 0. The van der Waals surface area contributed by atoms with Crippen LogP contribution < -0.4 is 0 Å². The van der Waals surface area contributed by atoms with Gasteiger partial charge in [0, 0.05) is 22.3 Å². The number of hydrogen-bond donors (Lipinski definition) is 1. The van der Waals surface area contributed by atoms with Crippen LogP contribution in [0.2, 0.25) is 0 Å². The molecule has 0 heterocycles. The van der Waals surface area contributed by atoms with Crippen LogP contribution in [0.3, 0.4) is 0 Å². The average molecular weight is 262 g/mol.